The third-order valence-electron chi connectivity index (χ3n) is 4.41. The molecule has 2 aliphatic rings. The standard InChI is InChI=1S/C15H24N4O7/c1-7(20)17-4-2-3-8(16)14(23)18-12(15(24)25)13(22)9-6-19-10(21)5-11(19)26-9/h8-9,11-13,22H,2-6,16H2,1H3,(H,17,20)(H,18,23)(H,24,25). The predicted molar refractivity (Wildman–Crippen MR) is 86.5 cm³/mol. The van der Waals surface area contributed by atoms with Crippen LogP contribution in [0.5, 0.6) is 0 Å². The Morgan fingerprint density at radius 2 is 2.12 bits per heavy atom. The minimum atomic E-state index is -1.61. The molecule has 6 N–H and O–H groups in total. The van der Waals surface area contributed by atoms with Crippen LogP contribution in [0.3, 0.4) is 0 Å². The minimum absolute atomic E-state index is 0.0765. The molecule has 0 spiro atoms. The minimum Gasteiger partial charge on any atom is -0.480 e. The highest BCUT2D eigenvalue weighted by Crippen LogP contribution is 2.30. The molecule has 26 heavy (non-hydrogen) atoms. The Kier molecular flexibility index (Phi) is 6.51. The summed E-state index contributed by atoms with van der Waals surface area (Å²) in [4.78, 5) is 47.1. The number of hydrogen-bond donors (Lipinski definition) is 5. The summed E-state index contributed by atoms with van der Waals surface area (Å²) < 4.78 is 5.44. The average Bonchev–Trinajstić information content (AvgIpc) is 2.92. The van der Waals surface area contributed by atoms with Crippen LogP contribution in [-0.4, -0.2) is 82.4 Å². The summed E-state index contributed by atoms with van der Waals surface area (Å²) in [7, 11) is 0. The van der Waals surface area contributed by atoms with Crippen molar-refractivity contribution in [3.63, 3.8) is 0 Å². The normalized spacial score (nSPS) is 24.9. The van der Waals surface area contributed by atoms with Crippen LogP contribution in [0.15, 0.2) is 0 Å². The van der Waals surface area contributed by atoms with E-state index in [0.717, 1.165) is 0 Å². The Bertz CT molecular complexity index is 584. The van der Waals surface area contributed by atoms with E-state index in [1.807, 2.05) is 0 Å². The number of aliphatic carboxylic acids is 1. The average molecular weight is 372 g/mol. The van der Waals surface area contributed by atoms with E-state index >= 15 is 0 Å². The maximum Gasteiger partial charge on any atom is 0.329 e. The summed E-state index contributed by atoms with van der Waals surface area (Å²) in [6.07, 6.45) is -1.99. The second-order valence-corrected chi connectivity index (χ2v) is 6.43. The Morgan fingerprint density at radius 3 is 2.65 bits per heavy atom. The zero-order valence-corrected chi connectivity index (χ0v) is 14.4. The number of nitrogens with two attached hydrogens (primary N) is 1. The summed E-state index contributed by atoms with van der Waals surface area (Å²) in [5, 5.41) is 24.4. The zero-order chi connectivity index (χ0) is 19.4. The van der Waals surface area contributed by atoms with Gasteiger partial charge in [0.25, 0.3) is 0 Å². The number of carbonyl (C=O) groups excluding carboxylic acids is 3. The molecule has 2 fully saturated rings. The molecular formula is C15H24N4O7. The van der Waals surface area contributed by atoms with Crippen molar-refractivity contribution in [3.8, 4) is 0 Å². The van der Waals surface area contributed by atoms with Gasteiger partial charge in [-0.15, -0.1) is 0 Å². The number of β-lactam (4-membered cyclic amide) rings is 1. The molecule has 0 radical (unpaired) electrons. The molecule has 0 bridgehead atoms. The van der Waals surface area contributed by atoms with Crippen molar-refractivity contribution < 1.29 is 34.1 Å². The molecular weight excluding hydrogens is 348 g/mol. The number of carboxylic acids is 1. The van der Waals surface area contributed by atoms with Gasteiger partial charge in [-0.1, -0.05) is 0 Å². The Labute approximate surface area is 149 Å². The zero-order valence-electron chi connectivity index (χ0n) is 14.4. The quantitative estimate of drug-likeness (QED) is 0.212. The number of hydrogen-bond acceptors (Lipinski definition) is 7. The monoisotopic (exact) mass is 372 g/mol. The Hall–Kier alpha value is -2.24. The number of fused-ring (bicyclic) bond motifs is 1. The van der Waals surface area contributed by atoms with E-state index in [1.165, 1.54) is 11.8 Å². The number of rotatable bonds is 9. The topological polar surface area (TPSA) is 171 Å². The van der Waals surface area contributed by atoms with Gasteiger partial charge in [0.2, 0.25) is 17.7 Å². The lowest BCUT2D eigenvalue weighted by molar-refractivity contribution is -0.161. The van der Waals surface area contributed by atoms with Gasteiger partial charge in [-0.3, -0.25) is 14.4 Å². The smallest absolute Gasteiger partial charge is 0.329 e. The van der Waals surface area contributed by atoms with Crippen molar-refractivity contribution >= 4 is 23.7 Å². The fourth-order valence-electron chi connectivity index (χ4n) is 2.88. The van der Waals surface area contributed by atoms with Crippen LogP contribution in [0, 0.1) is 0 Å². The molecule has 0 aromatic carbocycles. The maximum absolute atomic E-state index is 12.1. The third kappa shape index (κ3) is 4.68. The number of nitrogens with zero attached hydrogens (tertiary/aromatic N) is 1. The first-order valence-corrected chi connectivity index (χ1v) is 8.37. The molecule has 2 saturated heterocycles. The molecule has 2 aliphatic heterocycles. The summed E-state index contributed by atoms with van der Waals surface area (Å²) in [6, 6.07) is -2.59. The van der Waals surface area contributed by atoms with Gasteiger partial charge in [-0.05, 0) is 12.8 Å². The number of ether oxygens (including phenoxy) is 1. The highest BCUT2D eigenvalue weighted by atomic mass is 16.5. The lowest BCUT2D eigenvalue weighted by Gasteiger charge is -2.31. The van der Waals surface area contributed by atoms with Gasteiger partial charge < -0.3 is 36.2 Å². The van der Waals surface area contributed by atoms with Gasteiger partial charge in [-0.25, -0.2) is 4.79 Å². The predicted octanol–water partition coefficient (Wildman–Crippen LogP) is -2.88. The highest BCUT2D eigenvalue weighted by Gasteiger charge is 2.49. The van der Waals surface area contributed by atoms with Crippen LogP contribution < -0.4 is 16.4 Å². The molecule has 11 heteroatoms. The first kappa shape index (κ1) is 20.1. The fourth-order valence-corrected chi connectivity index (χ4v) is 2.88. The van der Waals surface area contributed by atoms with Gasteiger partial charge in [0.1, 0.15) is 18.4 Å². The second-order valence-electron chi connectivity index (χ2n) is 6.43. The molecule has 11 nitrogen and oxygen atoms in total. The Morgan fingerprint density at radius 1 is 1.42 bits per heavy atom. The van der Waals surface area contributed by atoms with E-state index in [0.29, 0.717) is 13.0 Å². The summed E-state index contributed by atoms with van der Waals surface area (Å²) >= 11 is 0. The highest BCUT2D eigenvalue weighted by molar-refractivity contribution is 5.87. The second kappa shape index (κ2) is 8.43. The molecule has 2 heterocycles. The molecule has 5 atom stereocenters. The largest absolute Gasteiger partial charge is 0.480 e. The molecule has 3 amide bonds. The summed E-state index contributed by atoms with van der Waals surface area (Å²) in [6.45, 7) is 1.79. The van der Waals surface area contributed by atoms with E-state index in [9.17, 15) is 29.4 Å². The number of aliphatic hydroxyl groups is 1. The maximum atomic E-state index is 12.1. The van der Waals surface area contributed by atoms with Gasteiger partial charge in [0.15, 0.2) is 6.04 Å². The van der Waals surface area contributed by atoms with Crippen molar-refractivity contribution in [1.82, 2.24) is 15.5 Å². The molecule has 0 aliphatic carbocycles. The van der Waals surface area contributed by atoms with Crippen LogP contribution in [0.1, 0.15) is 26.2 Å². The molecule has 0 saturated carbocycles. The molecule has 0 aromatic rings. The van der Waals surface area contributed by atoms with E-state index in [-0.39, 0.29) is 31.2 Å². The molecule has 5 unspecified atom stereocenters. The van der Waals surface area contributed by atoms with Crippen molar-refractivity contribution in [1.29, 1.82) is 0 Å². The van der Waals surface area contributed by atoms with Crippen LogP contribution in [-0.2, 0) is 23.9 Å². The van der Waals surface area contributed by atoms with Crippen LogP contribution in [0.4, 0.5) is 0 Å². The van der Waals surface area contributed by atoms with Gasteiger partial charge in [0, 0.05) is 13.5 Å². The molecule has 2 rings (SSSR count). The van der Waals surface area contributed by atoms with Crippen molar-refractivity contribution in [2.45, 2.75) is 56.7 Å². The van der Waals surface area contributed by atoms with Crippen LogP contribution >= 0.6 is 0 Å². The SMILES string of the molecule is CC(=O)NCCCC(N)C(=O)NC(C(=O)O)C(O)C1CN2C(=O)CC2O1. The summed E-state index contributed by atoms with van der Waals surface area (Å²) in [5.74, 6) is -2.48. The number of amides is 3. The molecule has 146 valence electrons. The van der Waals surface area contributed by atoms with Crippen LogP contribution in [0.25, 0.3) is 0 Å². The van der Waals surface area contributed by atoms with E-state index < -0.39 is 42.4 Å². The van der Waals surface area contributed by atoms with E-state index in [4.69, 9.17) is 10.5 Å². The Balaban J connectivity index is 1.84. The number of carbonyl (C=O) groups is 4. The van der Waals surface area contributed by atoms with Crippen molar-refractivity contribution in [2.24, 2.45) is 5.73 Å². The summed E-state index contributed by atoms with van der Waals surface area (Å²) in [5.41, 5.74) is 5.73. The lowest BCUT2D eigenvalue weighted by Crippen LogP contribution is -2.57. The third-order valence-corrected chi connectivity index (χ3v) is 4.41. The number of aliphatic hydroxyl groups excluding tert-OH is 1. The van der Waals surface area contributed by atoms with Gasteiger partial charge in [0.05, 0.1) is 19.0 Å². The molecule has 0 aromatic heterocycles. The van der Waals surface area contributed by atoms with Crippen LogP contribution in [0.2, 0.25) is 0 Å². The van der Waals surface area contributed by atoms with Gasteiger partial charge >= 0.3 is 5.97 Å². The van der Waals surface area contributed by atoms with Crippen molar-refractivity contribution in [2.75, 3.05) is 13.1 Å². The number of carboxylic acid groups (broad SMARTS) is 1. The van der Waals surface area contributed by atoms with Gasteiger partial charge in [-0.2, -0.15) is 0 Å². The van der Waals surface area contributed by atoms with E-state index in [2.05, 4.69) is 10.6 Å². The fraction of sp³-hybridized carbons (Fsp3) is 0.733. The first-order chi connectivity index (χ1) is 12.2. The van der Waals surface area contributed by atoms with E-state index in [1.54, 1.807) is 0 Å². The lowest BCUT2D eigenvalue weighted by atomic mass is 10.0. The first-order valence-electron chi connectivity index (χ1n) is 8.37. The van der Waals surface area contributed by atoms with Crippen molar-refractivity contribution in [3.05, 3.63) is 0 Å². The number of nitrogens with one attached hydrogen (secondary N) is 2.